The maximum Gasteiger partial charge on any atom is 0.0421 e. The number of thiophene rings is 1. The third-order valence-electron chi connectivity index (χ3n) is 3.08. The van der Waals surface area contributed by atoms with E-state index in [9.17, 15) is 0 Å². The van der Waals surface area contributed by atoms with Crippen molar-refractivity contribution < 1.29 is 0 Å². The van der Waals surface area contributed by atoms with E-state index in [0.29, 0.717) is 0 Å². The molecule has 0 N–H and O–H groups in total. The van der Waals surface area contributed by atoms with Crippen LogP contribution in [0.1, 0.15) is 11.1 Å². The van der Waals surface area contributed by atoms with E-state index in [4.69, 9.17) is 0 Å². The molecule has 1 heterocycles. The summed E-state index contributed by atoms with van der Waals surface area (Å²) in [5, 5.41) is 6.37. The lowest BCUT2D eigenvalue weighted by molar-refractivity contribution is 1.78. The minimum Gasteiger partial charge on any atom is -0.143 e. The molecule has 1 aliphatic carbocycles. The second kappa shape index (κ2) is 2.50. The first-order valence-corrected chi connectivity index (χ1v) is 5.92. The summed E-state index contributed by atoms with van der Waals surface area (Å²) in [5.41, 5.74) is 2.73. The quantitative estimate of drug-likeness (QED) is 0.398. The van der Waals surface area contributed by atoms with Gasteiger partial charge in [0.1, 0.15) is 0 Å². The van der Waals surface area contributed by atoms with E-state index >= 15 is 0 Å². The third kappa shape index (κ3) is 0.864. The van der Waals surface area contributed by atoms with Crippen molar-refractivity contribution in [1.29, 1.82) is 0 Å². The normalized spacial score (nSPS) is 13.1. The van der Waals surface area contributed by atoms with E-state index in [1.54, 1.807) is 0 Å². The van der Waals surface area contributed by atoms with Crippen LogP contribution in [0, 0.1) is 0 Å². The molecule has 0 spiro atoms. The van der Waals surface area contributed by atoms with Gasteiger partial charge in [0.15, 0.2) is 0 Å². The van der Waals surface area contributed by atoms with Crippen LogP contribution >= 0.6 is 11.3 Å². The topological polar surface area (TPSA) is 0 Å². The average molecular weight is 208 g/mol. The molecule has 0 aliphatic heterocycles. The van der Waals surface area contributed by atoms with Crippen molar-refractivity contribution in [3.63, 3.8) is 0 Å². The van der Waals surface area contributed by atoms with E-state index < -0.39 is 0 Å². The van der Waals surface area contributed by atoms with Gasteiger partial charge in [-0.1, -0.05) is 30.4 Å². The van der Waals surface area contributed by atoms with Gasteiger partial charge in [0.05, 0.1) is 0 Å². The van der Waals surface area contributed by atoms with Gasteiger partial charge in [-0.3, -0.25) is 0 Å². The zero-order valence-electron chi connectivity index (χ0n) is 8.03. The summed E-state index contributed by atoms with van der Waals surface area (Å²) in [4.78, 5) is 0. The van der Waals surface area contributed by atoms with Crippen LogP contribution in [0.25, 0.3) is 33.0 Å². The molecule has 0 nitrogen and oxygen atoms in total. The largest absolute Gasteiger partial charge is 0.143 e. The zero-order valence-corrected chi connectivity index (χ0v) is 8.84. The molecule has 3 aromatic rings. The zero-order chi connectivity index (χ0) is 9.83. The van der Waals surface area contributed by atoms with Crippen LogP contribution in [0.5, 0.6) is 0 Å². The Morgan fingerprint density at radius 1 is 0.933 bits per heavy atom. The van der Waals surface area contributed by atoms with Gasteiger partial charge < -0.3 is 0 Å². The van der Waals surface area contributed by atoms with Crippen LogP contribution in [-0.4, -0.2) is 0 Å². The predicted octanol–water partition coefficient (Wildman–Crippen LogP) is 4.54. The van der Waals surface area contributed by atoms with Gasteiger partial charge in [-0.15, -0.1) is 11.3 Å². The van der Waals surface area contributed by atoms with E-state index in [-0.39, 0.29) is 0 Å². The molecule has 0 atom stereocenters. The third-order valence-corrected chi connectivity index (χ3v) is 4.04. The van der Waals surface area contributed by atoms with E-state index in [1.807, 2.05) is 11.3 Å². The lowest BCUT2D eigenvalue weighted by atomic mass is 10.0. The van der Waals surface area contributed by atoms with Crippen molar-refractivity contribution in [1.82, 2.24) is 0 Å². The molecule has 1 aliphatic rings. The molecule has 4 rings (SSSR count). The summed E-state index contributed by atoms with van der Waals surface area (Å²) >= 11 is 1.83. The van der Waals surface area contributed by atoms with Crippen molar-refractivity contribution in [3.05, 3.63) is 46.8 Å². The lowest BCUT2D eigenvalue weighted by Gasteiger charge is -2.03. The predicted molar refractivity (Wildman–Crippen MR) is 68.3 cm³/mol. The fourth-order valence-corrected chi connectivity index (χ4v) is 3.33. The van der Waals surface area contributed by atoms with Crippen molar-refractivity contribution >= 4 is 44.3 Å². The van der Waals surface area contributed by atoms with Crippen LogP contribution in [-0.2, 0) is 0 Å². The van der Waals surface area contributed by atoms with Crippen LogP contribution < -0.4 is 0 Å². The molecule has 70 valence electrons. The minimum absolute atomic E-state index is 1.36. The SMILES string of the molecule is C1=Cc2cc3ccsc3c3cccc1c23. The molecule has 0 radical (unpaired) electrons. The minimum atomic E-state index is 1.36. The lowest BCUT2D eigenvalue weighted by Crippen LogP contribution is -1.78. The Bertz CT molecular complexity index is 717. The van der Waals surface area contributed by atoms with Gasteiger partial charge in [0, 0.05) is 10.1 Å². The molecule has 1 heteroatoms. The molecule has 0 fully saturated rings. The summed E-state index contributed by atoms with van der Waals surface area (Å²) in [6.07, 6.45) is 4.43. The van der Waals surface area contributed by atoms with Crippen LogP contribution in [0.15, 0.2) is 35.7 Å². The highest BCUT2D eigenvalue weighted by Crippen LogP contribution is 2.38. The highest BCUT2D eigenvalue weighted by Gasteiger charge is 2.11. The second-order valence-electron chi connectivity index (χ2n) is 3.91. The van der Waals surface area contributed by atoms with E-state index in [0.717, 1.165) is 0 Å². The molecule has 1 aromatic heterocycles. The maximum absolute atomic E-state index is 2.29. The number of benzene rings is 2. The van der Waals surface area contributed by atoms with Gasteiger partial charge in [-0.25, -0.2) is 0 Å². The highest BCUT2D eigenvalue weighted by molar-refractivity contribution is 7.18. The number of hydrogen-bond acceptors (Lipinski definition) is 1. The van der Waals surface area contributed by atoms with Gasteiger partial charge in [-0.2, -0.15) is 0 Å². The Labute approximate surface area is 91.5 Å². The average Bonchev–Trinajstić information content (AvgIpc) is 2.87. The number of fused-ring (bicyclic) bond motifs is 2. The molecule has 0 unspecified atom stereocenters. The summed E-state index contributed by atoms with van der Waals surface area (Å²) in [6.45, 7) is 0. The first-order chi connectivity index (χ1) is 7.43. The van der Waals surface area contributed by atoms with Gasteiger partial charge >= 0.3 is 0 Å². The molecule has 0 saturated carbocycles. The molecular formula is C14H8S. The Morgan fingerprint density at radius 2 is 1.87 bits per heavy atom. The van der Waals surface area contributed by atoms with E-state index in [1.165, 1.54) is 32.0 Å². The van der Waals surface area contributed by atoms with Crippen molar-refractivity contribution in [2.45, 2.75) is 0 Å². The monoisotopic (exact) mass is 208 g/mol. The van der Waals surface area contributed by atoms with Crippen molar-refractivity contribution in [3.8, 4) is 0 Å². The summed E-state index contributed by atoms with van der Waals surface area (Å²) < 4.78 is 1.42. The summed E-state index contributed by atoms with van der Waals surface area (Å²) in [6, 6.07) is 11.1. The van der Waals surface area contributed by atoms with Crippen molar-refractivity contribution in [2.24, 2.45) is 0 Å². The Kier molecular flexibility index (Phi) is 1.28. The molecule has 15 heavy (non-hydrogen) atoms. The number of rotatable bonds is 0. The van der Waals surface area contributed by atoms with Gasteiger partial charge in [-0.05, 0) is 39.4 Å². The molecule has 0 amide bonds. The van der Waals surface area contributed by atoms with Crippen LogP contribution in [0.2, 0.25) is 0 Å². The number of hydrogen-bond donors (Lipinski definition) is 0. The van der Waals surface area contributed by atoms with Crippen molar-refractivity contribution in [2.75, 3.05) is 0 Å². The first-order valence-electron chi connectivity index (χ1n) is 5.04. The van der Waals surface area contributed by atoms with Crippen LogP contribution in [0.3, 0.4) is 0 Å². The molecule has 0 saturated heterocycles. The highest BCUT2D eigenvalue weighted by atomic mass is 32.1. The Morgan fingerprint density at radius 3 is 2.87 bits per heavy atom. The fourth-order valence-electron chi connectivity index (χ4n) is 2.42. The standard InChI is InChI=1S/C14H8S/c1-2-9-4-5-10-8-11-6-7-15-14(11)12(3-1)13(9)10/h1-8H. The van der Waals surface area contributed by atoms with Crippen LogP contribution in [0.4, 0.5) is 0 Å². The summed E-state index contributed by atoms with van der Waals surface area (Å²) in [5.74, 6) is 0. The smallest absolute Gasteiger partial charge is 0.0421 e. The Balaban J connectivity index is 2.43. The second-order valence-corrected chi connectivity index (χ2v) is 4.82. The van der Waals surface area contributed by atoms with E-state index in [2.05, 4.69) is 47.9 Å². The van der Waals surface area contributed by atoms with Gasteiger partial charge in [0.2, 0.25) is 0 Å². The van der Waals surface area contributed by atoms with Gasteiger partial charge in [0.25, 0.3) is 0 Å². The molecule has 0 bridgehead atoms. The Hall–Kier alpha value is -1.60. The first kappa shape index (κ1) is 7.66. The molecular weight excluding hydrogens is 200 g/mol. The maximum atomic E-state index is 2.29. The molecule has 2 aromatic carbocycles. The summed E-state index contributed by atoms with van der Waals surface area (Å²) in [7, 11) is 0. The fraction of sp³-hybridized carbons (Fsp3) is 0.